The Kier molecular flexibility index (Phi) is 3.45. The molecule has 2 aromatic heterocycles. The highest BCUT2D eigenvalue weighted by Crippen LogP contribution is 2.30. The molecule has 3 rings (SSSR count). The van der Waals surface area contributed by atoms with Crippen LogP contribution in [0.5, 0.6) is 0 Å². The predicted octanol–water partition coefficient (Wildman–Crippen LogP) is 1.96. The van der Waals surface area contributed by atoms with Gasteiger partial charge in [-0.15, -0.1) is 0 Å². The van der Waals surface area contributed by atoms with Crippen molar-refractivity contribution in [2.45, 2.75) is 32.3 Å². The molecule has 0 radical (unpaired) electrons. The minimum absolute atomic E-state index is 0.00477. The number of rotatable bonds is 2. The van der Waals surface area contributed by atoms with Gasteiger partial charge >= 0.3 is 0 Å². The van der Waals surface area contributed by atoms with Gasteiger partial charge in [0.15, 0.2) is 0 Å². The van der Waals surface area contributed by atoms with Crippen molar-refractivity contribution < 1.29 is 9.90 Å². The largest absolute Gasteiger partial charge is 0.390 e. The summed E-state index contributed by atoms with van der Waals surface area (Å²) in [5.41, 5.74) is 0.784. The van der Waals surface area contributed by atoms with E-state index in [-0.39, 0.29) is 11.8 Å². The van der Waals surface area contributed by atoms with E-state index in [1.165, 1.54) is 0 Å². The van der Waals surface area contributed by atoms with Crippen LogP contribution in [0.15, 0.2) is 30.6 Å². The van der Waals surface area contributed by atoms with Gasteiger partial charge in [-0.2, -0.15) is 5.10 Å². The highest BCUT2D eigenvalue weighted by atomic mass is 16.3. The molecule has 1 N–H and O–H groups in total. The molecule has 1 aliphatic rings. The van der Waals surface area contributed by atoms with Gasteiger partial charge in [0.25, 0.3) is 5.91 Å². The standard InChI is InChI=1S/C16H21N3O2/c1-3-12-11-18(9-7-16(12,2)21)15(20)13-10-17-19-8-5-4-6-14(13)19/h4-6,8,10,12,21H,3,7,9,11H2,1-2H3/t12-,16+/m1/s1. The highest BCUT2D eigenvalue weighted by molar-refractivity contribution is 6.00. The second-order valence-electron chi connectivity index (χ2n) is 6.05. The Bertz CT molecular complexity index is 662. The first-order valence-electron chi connectivity index (χ1n) is 7.47. The lowest BCUT2D eigenvalue weighted by Gasteiger charge is -2.42. The number of nitrogens with zero attached hydrogens (tertiary/aromatic N) is 3. The van der Waals surface area contributed by atoms with E-state index in [9.17, 15) is 9.90 Å². The topological polar surface area (TPSA) is 57.8 Å². The van der Waals surface area contributed by atoms with Crippen molar-refractivity contribution in [1.29, 1.82) is 0 Å². The average Bonchev–Trinajstić information content (AvgIpc) is 2.90. The van der Waals surface area contributed by atoms with Crippen molar-refractivity contribution in [3.63, 3.8) is 0 Å². The fourth-order valence-electron chi connectivity index (χ4n) is 3.14. The van der Waals surface area contributed by atoms with Crippen LogP contribution in [0.4, 0.5) is 0 Å². The third-order valence-corrected chi connectivity index (χ3v) is 4.65. The van der Waals surface area contributed by atoms with Crippen LogP contribution in [0.25, 0.3) is 5.52 Å². The maximum atomic E-state index is 12.7. The summed E-state index contributed by atoms with van der Waals surface area (Å²) < 4.78 is 1.71. The van der Waals surface area contributed by atoms with E-state index in [0.29, 0.717) is 25.1 Å². The van der Waals surface area contributed by atoms with Crippen LogP contribution in [0, 0.1) is 5.92 Å². The molecule has 0 aromatic carbocycles. The molecule has 0 saturated carbocycles. The van der Waals surface area contributed by atoms with Crippen molar-refractivity contribution >= 4 is 11.4 Å². The number of aliphatic hydroxyl groups is 1. The number of fused-ring (bicyclic) bond motifs is 1. The summed E-state index contributed by atoms with van der Waals surface area (Å²) in [7, 11) is 0. The van der Waals surface area contributed by atoms with Gasteiger partial charge in [-0.05, 0) is 31.9 Å². The van der Waals surface area contributed by atoms with E-state index in [0.717, 1.165) is 11.9 Å². The van der Waals surface area contributed by atoms with Gasteiger partial charge in [-0.1, -0.05) is 13.0 Å². The molecule has 5 heteroatoms. The lowest BCUT2D eigenvalue weighted by Crippen LogP contribution is -2.51. The van der Waals surface area contributed by atoms with E-state index in [2.05, 4.69) is 12.0 Å². The Morgan fingerprint density at radius 2 is 2.33 bits per heavy atom. The summed E-state index contributed by atoms with van der Waals surface area (Å²) in [5, 5.41) is 14.6. The first-order valence-corrected chi connectivity index (χ1v) is 7.47. The third-order valence-electron chi connectivity index (χ3n) is 4.65. The molecule has 0 unspecified atom stereocenters. The summed E-state index contributed by atoms with van der Waals surface area (Å²) in [6.07, 6.45) is 4.95. The number of aromatic nitrogens is 2. The molecular formula is C16H21N3O2. The van der Waals surface area contributed by atoms with Crippen molar-refractivity contribution in [2.75, 3.05) is 13.1 Å². The zero-order valence-electron chi connectivity index (χ0n) is 12.5. The number of carbonyl (C=O) groups excluding carboxylic acids is 1. The van der Waals surface area contributed by atoms with Crippen molar-refractivity contribution in [3.8, 4) is 0 Å². The van der Waals surface area contributed by atoms with Crippen LogP contribution in [0.1, 0.15) is 37.0 Å². The molecule has 2 atom stereocenters. The smallest absolute Gasteiger partial charge is 0.257 e. The lowest BCUT2D eigenvalue weighted by atomic mass is 9.81. The molecular weight excluding hydrogens is 266 g/mol. The van der Waals surface area contributed by atoms with Gasteiger partial charge < -0.3 is 10.0 Å². The number of hydrogen-bond acceptors (Lipinski definition) is 3. The normalized spacial score (nSPS) is 26.2. The maximum absolute atomic E-state index is 12.7. The molecule has 1 saturated heterocycles. The summed E-state index contributed by atoms with van der Waals surface area (Å²) >= 11 is 0. The van der Waals surface area contributed by atoms with Gasteiger partial charge in [-0.25, -0.2) is 4.52 Å². The molecule has 112 valence electrons. The molecule has 0 bridgehead atoms. The molecule has 0 spiro atoms. The minimum Gasteiger partial charge on any atom is -0.390 e. The molecule has 3 heterocycles. The summed E-state index contributed by atoms with van der Waals surface area (Å²) in [6.45, 7) is 5.12. The summed E-state index contributed by atoms with van der Waals surface area (Å²) in [6, 6.07) is 5.70. The molecule has 1 aliphatic heterocycles. The van der Waals surface area contributed by atoms with Crippen LogP contribution in [-0.4, -0.2) is 44.2 Å². The average molecular weight is 287 g/mol. The number of amides is 1. The van der Waals surface area contributed by atoms with Crippen LogP contribution < -0.4 is 0 Å². The molecule has 1 amide bonds. The number of piperidine rings is 1. The molecule has 5 nitrogen and oxygen atoms in total. The second-order valence-corrected chi connectivity index (χ2v) is 6.05. The number of pyridine rings is 1. The summed E-state index contributed by atoms with van der Waals surface area (Å²) in [4.78, 5) is 14.6. The Morgan fingerprint density at radius 3 is 3.10 bits per heavy atom. The second kappa shape index (κ2) is 5.15. The van der Waals surface area contributed by atoms with E-state index >= 15 is 0 Å². The zero-order valence-corrected chi connectivity index (χ0v) is 12.5. The van der Waals surface area contributed by atoms with Gasteiger partial charge in [0.2, 0.25) is 0 Å². The Morgan fingerprint density at radius 1 is 1.52 bits per heavy atom. The van der Waals surface area contributed by atoms with Gasteiger partial charge in [0.1, 0.15) is 0 Å². The third kappa shape index (κ3) is 2.42. The number of likely N-dealkylation sites (tertiary alicyclic amines) is 1. The van der Waals surface area contributed by atoms with Gasteiger partial charge in [0, 0.05) is 25.2 Å². The fraction of sp³-hybridized carbons (Fsp3) is 0.500. The Labute approximate surface area is 124 Å². The van der Waals surface area contributed by atoms with E-state index in [1.807, 2.05) is 36.2 Å². The van der Waals surface area contributed by atoms with Crippen LogP contribution in [0.2, 0.25) is 0 Å². The molecule has 0 aliphatic carbocycles. The fourth-order valence-corrected chi connectivity index (χ4v) is 3.14. The van der Waals surface area contributed by atoms with E-state index < -0.39 is 5.60 Å². The van der Waals surface area contributed by atoms with Crippen LogP contribution >= 0.6 is 0 Å². The first kappa shape index (κ1) is 14.1. The first-order chi connectivity index (χ1) is 10.0. The van der Waals surface area contributed by atoms with Crippen molar-refractivity contribution in [2.24, 2.45) is 5.92 Å². The highest BCUT2D eigenvalue weighted by Gasteiger charge is 2.38. The van der Waals surface area contributed by atoms with Gasteiger partial charge in [0.05, 0.1) is 22.9 Å². The Hall–Kier alpha value is -1.88. The van der Waals surface area contributed by atoms with E-state index in [4.69, 9.17) is 0 Å². The minimum atomic E-state index is -0.674. The number of hydrogen-bond donors (Lipinski definition) is 1. The van der Waals surface area contributed by atoms with Crippen molar-refractivity contribution in [3.05, 3.63) is 36.2 Å². The Balaban J connectivity index is 1.86. The van der Waals surface area contributed by atoms with Crippen LogP contribution in [-0.2, 0) is 0 Å². The van der Waals surface area contributed by atoms with Gasteiger partial charge in [-0.3, -0.25) is 4.79 Å². The number of carbonyl (C=O) groups is 1. The van der Waals surface area contributed by atoms with Crippen LogP contribution in [0.3, 0.4) is 0 Å². The monoisotopic (exact) mass is 287 g/mol. The molecule has 1 fully saturated rings. The quantitative estimate of drug-likeness (QED) is 0.918. The molecule has 21 heavy (non-hydrogen) atoms. The van der Waals surface area contributed by atoms with E-state index in [1.54, 1.807) is 10.7 Å². The predicted molar refractivity (Wildman–Crippen MR) is 80.1 cm³/mol. The SMILES string of the molecule is CC[C@@H]1CN(C(=O)c2cnn3ccccc23)CC[C@]1(C)O. The van der Waals surface area contributed by atoms with Crippen molar-refractivity contribution in [1.82, 2.24) is 14.5 Å². The molecule has 2 aromatic rings. The maximum Gasteiger partial charge on any atom is 0.257 e. The zero-order chi connectivity index (χ0) is 15.0. The lowest BCUT2D eigenvalue weighted by molar-refractivity contribution is -0.0520. The summed E-state index contributed by atoms with van der Waals surface area (Å²) in [5.74, 6) is 0.127.